The summed E-state index contributed by atoms with van der Waals surface area (Å²) in [7, 11) is 0. The number of anilines is 3. The molecule has 3 rings (SSSR count). The number of nitrogen functional groups attached to an aromatic ring is 1. The molecule has 7 nitrogen and oxygen atoms in total. The van der Waals surface area contributed by atoms with Crippen LogP contribution in [-0.2, 0) is 20.9 Å². The first-order valence-electron chi connectivity index (χ1n) is 10.2. The molecule has 0 radical (unpaired) electrons. The van der Waals surface area contributed by atoms with E-state index in [2.05, 4.69) is 16.6 Å². The van der Waals surface area contributed by atoms with Gasteiger partial charge in [-0.1, -0.05) is 48.5 Å². The van der Waals surface area contributed by atoms with Crippen LogP contribution in [0.1, 0.15) is 24.1 Å². The Morgan fingerprint density at radius 1 is 1.00 bits per heavy atom. The van der Waals surface area contributed by atoms with E-state index < -0.39 is 17.9 Å². The first kappa shape index (κ1) is 23.1. The van der Waals surface area contributed by atoms with Crippen LogP contribution in [0.4, 0.5) is 17.1 Å². The van der Waals surface area contributed by atoms with Gasteiger partial charge in [-0.2, -0.15) is 0 Å². The van der Waals surface area contributed by atoms with E-state index in [-0.39, 0.29) is 12.5 Å². The monoisotopic (exact) mass is 440 g/mol. The Hall–Kier alpha value is -4.57. The highest BCUT2D eigenvalue weighted by Crippen LogP contribution is 2.30. The molecule has 166 valence electrons. The van der Waals surface area contributed by atoms with Crippen LogP contribution in [0.15, 0.2) is 78.9 Å². The zero-order valence-corrected chi connectivity index (χ0v) is 18.1. The molecule has 0 aliphatic carbocycles. The zero-order valence-electron chi connectivity index (χ0n) is 18.1. The van der Waals surface area contributed by atoms with Crippen LogP contribution in [0.5, 0.6) is 0 Å². The lowest BCUT2D eigenvalue weighted by molar-refractivity contribution is -0.125. The van der Waals surface area contributed by atoms with Crippen molar-refractivity contribution in [3.63, 3.8) is 0 Å². The highest BCUT2D eigenvalue weighted by molar-refractivity contribution is 6.10. The molecule has 33 heavy (non-hydrogen) atoms. The number of benzene rings is 3. The number of hydrogen-bond acceptors (Lipinski definition) is 4. The molecule has 0 bridgehead atoms. The Labute approximate surface area is 192 Å². The standard InChI is InChI=1S/C26H24N4O3/c1-3-24(32)30(23-11-7-10-22(16-23)29-18(2)31)25(20-12-14-21(27)15-13-20)26(33)28-17-19-8-5-4-6-9-19/h1,4-16,25H,17,27H2,2H3,(H,28,33)(H,29,31). The number of carbonyl (C=O) groups is 3. The van der Waals surface area contributed by atoms with Crippen LogP contribution < -0.4 is 21.3 Å². The van der Waals surface area contributed by atoms with Crippen LogP contribution in [0.25, 0.3) is 0 Å². The average Bonchev–Trinajstić information content (AvgIpc) is 2.81. The third-order valence-corrected chi connectivity index (χ3v) is 4.86. The summed E-state index contributed by atoms with van der Waals surface area (Å²) in [6.45, 7) is 1.65. The molecule has 3 amide bonds. The molecule has 0 aliphatic rings. The number of hydrogen-bond donors (Lipinski definition) is 3. The van der Waals surface area contributed by atoms with Crippen LogP contribution in [-0.4, -0.2) is 17.7 Å². The molecular formula is C26H24N4O3. The van der Waals surface area contributed by atoms with Crippen LogP contribution in [0, 0.1) is 12.3 Å². The van der Waals surface area contributed by atoms with Crippen LogP contribution in [0.3, 0.4) is 0 Å². The number of nitrogens with two attached hydrogens (primary N) is 1. The van der Waals surface area contributed by atoms with Gasteiger partial charge in [0.25, 0.3) is 0 Å². The number of nitrogens with one attached hydrogen (secondary N) is 2. The highest BCUT2D eigenvalue weighted by atomic mass is 16.2. The molecular weight excluding hydrogens is 416 g/mol. The lowest BCUT2D eigenvalue weighted by atomic mass is 10.0. The van der Waals surface area contributed by atoms with Crippen molar-refractivity contribution >= 4 is 34.8 Å². The Morgan fingerprint density at radius 3 is 2.33 bits per heavy atom. The fourth-order valence-corrected chi connectivity index (χ4v) is 3.37. The van der Waals surface area contributed by atoms with Crippen molar-refractivity contribution in [1.82, 2.24) is 5.32 Å². The first-order valence-corrected chi connectivity index (χ1v) is 10.2. The van der Waals surface area contributed by atoms with Gasteiger partial charge >= 0.3 is 5.91 Å². The van der Waals surface area contributed by atoms with Gasteiger partial charge in [-0.25, -0.2) is 0 Å². The lowest BCUT2D eigenvalue weighted by Gasteiger charge is -2.30. The van der Waals surface area contributed by atoms with E-state index in [1.54, 1.807) is 48.5 Å². The summed E-state index contributed by atoms with van der Waals surface area (Å²) in [5.74, 6) is 0.722. The molecule has 0 heterocycles. The minimum absolute atomic E-state index is 0.266. The van der Waals surface area contributed by atoms with Crippen molar-refractivity contribution < 1.29 is 14.4 Å². The molecule has 0 saturated carbocycles. The Balaban J connectivity index is 2.03. The van der Waals surface area contributed by atoms with E-state index in [1.165, 1.54) is 11.8 Å². The second-order valence-corrected chi connectivity index (χ2v) is 7.32. The minimum atomic E-state index is -1.06. The van der Waals surface area contributed by atoms with Gasteiger partial charge in [-0.15, -0.1) is 6.42 Å². The molecule has 0 saturated heterocycles. The molecule has 1 unspecified atom stereocenters. The van der Waals surface area contributed by atoms with Gasteiger partial charge in [-0.05, 0) is 47.4 Å². The van der Waals surface area contributed by atoms with Gasteiger partial charge < -0.3 is 16.4 Å². The molecule has 0 aromatic heterocycles. The lowest BCUT2D eigenvalue weighted by Crippen LogP contribution is -2.43. The van der Waals surface area contributed by atoms with E-state index >= 15 is 0 Å². The number of amides is 3. The third kappa shape index (κ3) is 5.99. The van der Waals surface area contributed by atoms with Crippen molar-refractivity contribution in [3.05, 3.63) is 90.0 Å². The van der Waals surface area contributed by atoms with Gasteiger partial charge in [0.2, 0.25) is 11.8 Å². The van der Waals surface area contributed by atoms with E-state index in [0.717, 1.165) is 5.56 Å². The Morgan fingerprint density at radius 2 is 1.70 bits per heavy atom. The molecule has 3 aromatic rings. The number of terminal acetylenes is 1. The summed E-state index contributed by atoms with van der Waals surface area (Å²) >= 11 is 0. The van der Waals surface area contributed by atoms with Gasteiger partial charge in [0, 0.05) is 30.5 Å². The quantitative estimate of drug-likeness (QED) is 0.387. The van der Waals surface area contributed by atoms with Crippen molar-refractivity contribution in [2.24, 2.45) is 0 Å². The molecule has 4 N–H and O–H groups in total. The average molecular weight is 441 g/mol. The van der Waals surface area contributed by atoms with E-state index in [9.17, 15) is 14.4 Å². The number of nitrogens with zero attached hydrogens (tertiary/aromatic N) is 1. The highest BCUT2D eigenvalue weighted by Gasteiger charge is 2.32. The maximum absolute atomic E-state index is 13.4. The largest absolute Gasteiger partial charge is 0.399 e. The predicted molar refractivity (Wildman–Crippen MR) is 129 cm³/mol. The molecule has 0 aliphatic heterocycles. The SMILES string of the molecule is C#CC(=O)N(c1cccc(NC(C)=O)c1)C(C(=O)NCc1ccccc1)c1ccc(N)cc1. The normalized spacial score (nSPS) is 11.0. The van der Waals surface area contributed by atoms with Crippen molar-refractivity contribution in [2.75, 3.05) is 16.0 Å². The smallest absolute Gasteiger partial charge is 0.303 e. The second-order valence-electron chi connectivity index (χ2n) is 7.32. The predicted octanol–water partition coefficient (Wildman–Crippen LogP) is 3.25. The van der Waals surface area contributed by atoms with Crippen molar-refractivity contribution in [3.8, 4) is 12.3 Å². The summed E-state index contributed by atoms with van der Waals surface area (Å²) in [5.41, 5.74) is 8.61. The van der Waals surface area contributed by atoms with E-state index in [1.807, 2.05) is 30.3 Å². The molecule has 7 heteroatoms. The molecule has 3 aromatic carbocycles. The maximum Gasteiger partial charge on any atom is 0.303 e. The summed E-state index contributed by atoms with van der Waals surface area (Å²) in [5, 5.41) is 5.56. The molecule has 0 spiro atoms. The molecule has 1 atom stereocenters. The summed E-state index contributed by atoms with van der Waals surface area (Å²) in [6.07, 6.45) is 5.47. The Kier molecular flexibility index (Phi) is 7.45. The van der Waals surface area contributed by atoms with Crippen molar-refractivity contribution in [1.29, 1.82) is 0 Å². The fraction of sp³-hybridized carbons (Fsp3) is 0.115. The summed E-state index contributed by atoms with van der Waals surface area (Å²) < 4.78 is 0. The second kappa shape index (κ2) is 10.6. The fourth-order valence-electron chi connectivity index (χ4n) is 3.37. The maximum atomic E-state index is 13.4. The van der Waals surface area contributed by atoms with Gasteiger partial charge in [0.15, 0.2) is 0 Å². The van der Waals surface area contributed by atoms with Crippen LogP contribution >= 0.6 is 0 Å². The molecule has 0 fully saturated rings. The summed E-state index contributed by atoms with van der Waals surface area (Å²) in [4.78, 5) is 39.1. The first-order chi connectivity index (χ1) is 15.9. The van der Waals surface area contributed by atoms with Gasteiger partial charge in [-0.3, -0.25) is 19.3 Å². The zero-order chi connectivity index (χ0) is 23.8. The number of rotatable bonds is 7. The summed E-state index contributed by atoms with van der Waals surface area (Å²) in [6, 6.07) is 21.6. The third-order valence-electron chi connectivity index (χ3n) is 4.86. The van der Waals surface area contributed by atoms with Gasteiger partial charge in [0.1, 0.15) is 6.04 Å². The number of carbonyl (C=O) groups excluding carboxylic acids is 3. The minimum Gasteiger partial charge on any atom is -0.399 e. The van der Waals surface area contributed by atoms with E-state index in [0.29, 0.717) is 22.6 Å². The van der Waals surface area contributed by atoms with Crippen molar-refractivity contribution in [2.45, 2.75) is 19.5 Å². The van der Waals surface area contributed by atoms with Gasteiger partial charge in [0.05, 0.1) is 0 Å². The Bertz CT molecular complexity index is 1180. The van der Waals surface area contributed by atoms with E-state index in [4.69, 9.17) is 12.2 Å². The van der Waals surface area contributed by atoms with Crippen LogP contribution in [0.2, 0.25) is 0 Å². The topological polar surface area (TPSA) is 105 Å².